The monoisotopic (exact) mass is 325 g/mol. The number of nitrogens with zero attached hydrogens (tertiary/aromatic N) is 1. The molecule has 0 aliphatic heterocycles. The van der Waals surface area contributed by atoms with Crippen LogP contribution >= 0.6 is 11.6 Å². The van der Waals surface area contributed by atoms with Crippen molar-refractivity contribution in [1.82, 2.24) is 4.98 Å². The molecule has 3 nitrogen and oxygen atoms in total. The van der Waals surface area contributed by atoms with Crippen LogP contribution in [0.1, 0.15) is 35.7 Å². The summed E-state index contributed by atoms with van der Waals surface area (Å²) in [4.78, 5) is 16.4. The Bertz CT molecular complexity index is 903. The number of aromatic carboxylic acids is 1. The first-order valence-electron chi connectivity index (χ1n) is 7.41. The van der Waals surface area contributed by atoms with E-state index in [4.69, 9.17) is 16.6 Å². The molecule has 3 rings (SSSR count). The van der Waals surface area contributed by atoms with Gasteiger partial charge in [-0.05, 0) is 23.6 Å². The summed E-state index contributed by atoms with van der Waals surface area (Å²) in [5, 5.41) is 10.8. The molecule has 0 saturated carbocycles. The number of para-hydroxylation sites is 1. The second kappa shape index (κ2) is 6.01. The van der Waals surface area contributed by atoms with E-state index in [9.17, 15) is 9.90 Å². The predicted octanol–water partition coefficient (Wildman–Crippen LogP) is 5.38. The van der Waals surface area contributed by atoms with Crippen LogP contribution in [0.4, 0.5) is 0 Å². The molecule has 0 amide bonds. The molecule has 0 atom stereocenters. The van der Waals surface area contributed by atoms with Crippen LogP contribution in [0, 0.1) is 0 Å². The van der Waals surface area contributed by atoms with E-state index < -0.39 is 5.97 Å². The highest BCUT2D eigenvalue weighted by Gasteiger charge is 2.17. The summed E-state index contributed by atoms with van der Waals surface area (Å²) >= 11 is 6.26. The zero-order valence-electron chi connectivity index (χ0n) is 12.9. The summed E-state index contributed by atoms with van der Waals surface area (Å²) in [7, 11) is 0. The molecule has 23 heavy (non-hydrogen) atoms. The number of carbonyl (C=O) groups is 1. The minimum Gasteiger partial charge on any atom is -0.478 e. The third kappa shape index (κ3) is 2.80. The van der Waals surface area contributed by atoms with Crippen LogP contribution in [-0.2, 0) is 0 Å². The van der Waals surface area contributed by atoms with Gasteiger partial charge >= 0.3 is 5.97 Å². The Balaban J connectivity index is 2.39. The highest BCUT2D eigenvalue weighted by atomic mass is 35.5. The van der Waals surface area contributed by atoms with Crippen LogP contribution in [-0.4, -0.2) is 16.1 Å². The van der Waals surface area contributed by atoms with Crippen molar-refractivity contribution in [1.29, 1.82) is 0 Å². The van der Waals surface area contributed by atoms with E-state index in [0.29, 0.717) is 16.1 Å². The Labute approximate surface area is 139 Å². The van der Waals surface area contributed by atoms with E-state index >= 15 is 0 Å². The lowest BCUT2D eigenvalue weighted by molar-refractivity contribution is 0.0699. The molecule has 1 heterocycles. The fourth-order valence-electron chi connectivity index (χ4n) is 2.72. The van der Waals surface area contributed by atoms with E-state index in [1.165, 1.54) is 0 Å². The van der Waals surface area contributed by atoms with E-state index in [1.54, 1.807) is 18.2 Å². The van der Waals surface area contributed by atoms with E-state index in [2.05, 4.69) is 13.8 Å². The van der Waals surface area contributed by atoms with Gasteiger partial charge in [0.05, 0.1) is 16.8 Å². The summed E-state index contributed by atoms with van der Waals surface area (Å²) in [5.74, 6) is -0.721. The minimum absolute atomic E-state index is 0.243. The van der Waals surface area contributed by atoms with E-state index in [0.717, 1.165) is 16.6 Å². The van der Waals surface area contributed by atoms with Crippen LogP contribution < -0.4 is 0 Å². The molecule has 116 valence electrons. The standard InChI is InChI=1S/C19H16ClNO2/c1-11(2)12-7-5-8-13-15(19(22)23)10-17(21-18(12)13)14-6-3-4-9-16(14)20/h3-11H,1-2H3,(H,22,23). The average Bonchev–Trinajstić information content (AvgIpc) is 2.53. The molecule has 0 spiro atoms. The van der Waals surface area contributed by atoms with Crippen molar-refractivity contribution in [2.45, 2.75) is 19.8 Å². The van der Waals surface area contributed by atoms with Gasteiger partial charge in [0.25, 0.3) is 0 Å². The highest BCUT2D eigenvalue weighted by molar-refractivity contribution is 6.33. The Morgan fingerprint density at radius 1 is 1.13 bits per heavy atom. The number of aromatic nitrogens is 1. The van der Waals surface area contributed by atoms with Gasteiger partial charge in [-0.3, -0.25) is 0 Å². The number of pyridine rings is 1. The number of benzene rings is 2. The normalized spacial score (nSPS) is 11.1. The Hall–Kier alpha value is -2.39. The van der Waals surface area contributed by atoms with Gasteiger partial charge in [-0.1, -0.05) is 61.8 Å². The Kier molecular flexibility index (Phi) is 4.05. The molecule has 0 bridgehead atoms. The fraction of sp³-hybridized carbons (Fsp3) is 0.158. The Morgan fingerprint density at radius 2 is 1.87 bits per heavy atom. The topological polar surface area (TPSA) is 50.2 Å². The first-order valence-corrected chi connectivity index (χ1v) is 7.78. The smallest absolute Gasteiger partial charge is 0.336 e. The second-order valence-corrected chi connectivity index (χ2v) is 6.15. The van der Waals surface area contributed by atoms with Crippen molar-refractivity contribution >= 4 is 28.5 Å². The van der Waals surface area contributed by atoms with E-state index in [-0.39, 0.29) is 11.5 Å². The van der Waals surface area contributed by atoms with Crippen LogP contribution in [0.5, 0.6) is 0 Å². The van der Waals surface area contributed by atoms with Gasteiger partial charge in [0.2, 0.25) is 0 Å². The largest absolute Gasteiger partial charge is 0.478 e. The number of carboxylic acids is 1. The minimum atomic E-state index is -0.966. The van der Waals surface area contributed by atoms with E-state index in [1.807, 2.05) is 30.3 Å². The fourth-order valence-corrected chi connectivity index (χ4v) is 2.95. The molecule has 0 aliphatic rings. The van der Waals surface area contributed by atoms with Crippen molar-refractivity contribution in [2.24, 2.45) is 0 Å². The number of fused-ring (bicyclic) bond motifs is 1. The van der Waals surface area contributed by atoms with Crippen molar-refractivity contribution in [3.8, 4) is 11.3 Å². The molecule has 4 heteroatoms. The molecule has 0 radical (unpaired) electrons. The number of hydrogen-bond donors (Lipinski definition) is 1. The zero-order valence-corrected chi connectivity index (χ0v) is 13.6. The van der Waals surface area contributed by atoms with Crippen LogP contribution in [0.15, 0.2) is 48.5 Å². The first kappa shape index (κ1) is 15.5. The molecule has 3 aromatic rings. The van der Waals surface area contributed by atoms with Gasteiger partial charge in [0, 0.05) is 16.0 Å². The van der Waals surface area contributed by atoms with Gasteiger partial charge in [-0.2, -0.15) is 0 Å². The molecule has 1 N–H and O–H groups in total. The highest BCUT2D eigenvalue weighted by Crippen LogP contribution is 2.32. The van der Waals surface area contributed by atoms with Gasteiger partial charge in [0.15, 0.2) is 0 Å². The summed E-state index contributed by atoms with van der Waals surface area (Å²) < 4.78 is 0. The average molecular weight is 326 g/mol. The van der Waals surface area contributed by atoms with Crippen molar-refractivity contribution in [2.75, 3.05) is 0 Å². The maximum absolute atomic E-state index is 11.7. The maximum Gasteiger partial charge on any atom is 0.336 e. The predicted molar refractivity (Wildman–Crippen MR) is 93.2 cm³/mol. The molecule has 0 fully saturated rings. The lowest BCUT2D eigenvalue weighted by atomic mass is 9.96. The number of hydrogen-bond acceptors (Lipinski definition) is 2. The number of rotatable bonds is 3. The van der Waals surface area contributed by atoms with Crippen molar-refractivity contribution < 1.29 is 9.90 Å². The van der Waals surface area contributed by atoms with Crippen LogP contribution in [0.3, 0.4) is 0 Å². The molecule has 2 aromatic carbocycles. The second-order valence-electron chi connectivity index (χ2n) is 5.74. The zero-order chi connectivity index (χ0) is 16.6. The molecular weight excluding hydrogens is 310 g/mol. The SMILES string of the molecule is CC(C)c1cccc2c(C(=O)O)cc(-c3ccccc3Cl)nc12. The van der Waals surface area contributed by atoms with Crippen LogP contribution in [0.25, 0.3) is 22.2 Å². The third-order valence-electron chi connectivity index (χ3n) is 3.87. The summed E-state index contributed by atoms with van der Waals surface area (Å²) in [6.45, 7) is 4.14. The van der Waals surface area contributed by atoms with Gasteiger partial charge < -0.3 is 5.11 Å². The number of carboxylic acid groups (broad SMARTS) is 1. The summed E-state index contributed by atoms with van der Waals surface area (Å²) in [6.07, 6.45) is 0. The first-order chi connectivity index (χ1) is 11.0. The Morgan fingerprint density at radius 3 is 2.52 bits per heavy atom. The van der Waals surface area contributed by atoms with Crippen LogP contribution in [0.2, 0.25) is 5.02 Å². The molecule has 0 saturated heterocycles. The molecule has 1 aromatic heterocycles. The molecule has 0 unspecified atom stereocenters. The van der Waals surface area contributed by atoms with Crippen molar-refractivity contribution in [3.63, 3.8) is 0 Å². The van der Waals surface area contributed by atoms with Gasteiger partial charge in [-0.15, -0.1) is 0 Å². The summed E-state index contributed by atoms with van der Waals surface area (Å²) in [6, 6.07) is 14.6. The van der Waals surface area contributed by atoms with Crippen molar-refractivity contribution in [3.05, 3.63) is 64.7 Å². The van der Waals surface area contributed by atoms with Gasteiger partial charge in [0.1, 0.15) is 0 Å². The summed E-state index contributed by atoms with van der Waals surface area (Å²) in [5.41, 5.74) is 3.30. The molecule has 0 aliphatic carbocycles. The molecular formula is C19H16ClNO2. The quantitative estimate of drug-likeness (QED) is 0.703. The lowest BCUT2D eigenvalue weighted by Gasteiger charge is -2.13. The lowest BCUT2D eigenvalue weighted by Crippen LogP contribution is -2.02. The third-order valence-corrected chi connectivity index (χ3v) is 4.20. The maximum atomic E-state index is 11.7. The van der Waals surface area contributed by atoms with Gasteiger partial charge in [-0.25, -0.2) is 9.78 Å². The number of halogens is 1.